The molecule has 0 amide bonds. The molecule has 0 fully saturated rings. The van der Waals surface area contributed by atoms with Crippen LogP contribution in [0, 0.1) is 0 Å². The normalized spacial score (nSPS) is 11.1. The first-order valence-corrected chi connectivity index (χ1v) is 3.96. The monoisotopic (exact) mass is 161 g/mol. The summed E-state index contributed by atoms with van der Waals surface area (Å²) in [5, 5.41) is 11.5. The highest BCUT2D eigenvalue weighted by Crippen LogP contribution is 2.12. The van der Waals surface area contributed by atoms with Crippen molar-refractivity contribution in [2.24, 2.45) is 0 Å². The Morgan fingerprint density at radius 1 is 1.50 bits per heavy atom. The zero-order chi connectivity index (χ0) is 8.20. The Hall–Kier alpha value is -0.310. The second-order valence-electron chi connectivity index (χ2n) is 2.70. The Bertz CT molecular complexity index is 121. The van der Waals surface area contributed by atoms with Crippen LogP contribution in [0.2, 0.25) is 0 Å². The molecule has 3 heteroatoms. The van der Waals surface area contributed by atoms with E-state index >= 15 is 0 Å². The fourth-order valence-corrected chi connectivity index (χ4v) is 0.931. The lowest BCUT2D eigenvalue weighted by molar-refractivity contribution is 0.361. The second kappa shape index (κ2) is 3.76. The van der Waals surface area contributed by atoms with Crippen molar-refractivity contribution in [3.63, 3.8) is 0 Å². The third-order valence-electron chi connectivity index (χ3n) is 1.97. The molecule has 0 saturated heterocycles. The molecule has 0 aliphatic carbocycles. The zero-order valence-corrected chi connectivity index (χ0v) is 7.59. The summed E-state index contributed by atoms with van der Waals surface area (Å²) in [5.74, 6) is 0. The molecule has 0 rings (SSSR count). The van der Waals surface area contributed by atoms with Crippen LogP contribution in [-0.2, 0) is 0 Å². The van der Waals surface area contributed by atoms with E-state index in [1.54, 1.807) is 0 Å². The van der Waals surface area contributed by atoms with Gasteiger partial charge in [-0.05, 0) is 32.0 Å². The van der Waals surface area contributed by atoms with Crippen LogP contribution in [0.25, 0.3) is 0 Å². The van der Waals surface area contributed by atoms with Gasteiger partial charge in [-0.25, -0.2) is 0 Å². The minimum Gasteiger partial charge on any atom is -0.487 e. The number of aliphatic hydroxyl groups excluding tert-OH is 1. The molecule has 0 bridgehead atoms. The lowest BCUT2D eigenvalue weighted by Crippen LogP contribution is -2.44. The predicted octanol–water partition coefficient (Wildman–Crippen LogP) is 2.00. The van der Waals surface area contributed by atoms with E-state index in [1.807, 2.05) is 6.92 Å². The van der Waals surface area contributed by atoms with E-state index < -0.39 is 0 Å². The smallest absolute Gasteiger partial charge is 0.254 e. The van der Waals surface area contributed by atoms with Crippen LogP contribution >= 0.6 is 12.2 Å². The SMILES string of the molecule is CCC(C)(CC)NC(O)=S. The number of aliphatic hydroxyl groups is 1. The molecule has 2 N–H and O–H groups in total. The van der Waals surface area contributed by atoms with Gasteiger partial charge >= 0.3 is 0 Å². The molecule has 0 atom stereocenters. The summed E-state index contributed by atoms with van der Waals surface area (Å²) in [6.45, 7) is 6.17. The molecule has 0 unspecified atom stereocenters. The number of nitrogens with one attached hydrogen (secondary N) is 1. The van der Waals surface area contributed by atoms with Crippen molar-refractivity contribution in [3.8, 4) is 0 Å². The molecular weight excluding hydrogens is 146 g/mol. The maximum Gasteiger partial charge on any atom is 0.254 e. The second-order valence-corrected chi connectivity index (χ2v) is 3.08. The van der Waals surface area contributed by atoms with Gasteiger partial charge in [-0.15, -0.1) is 0 Å². The van der Waals surface area contributed by atoms with E-state index in [1.165, 1.54) is 0 Å². The van der Waals surface area contributed by atoms with Crippen molar-refractivity contribution in [1.82, 2.24) is 5.32 Å². The van der Waals surface area contributed by atoms with Crippen LogP contribution in [-0.4, -0.2) is 15.8 Å². The quantitative estimate of drug-likeness (QED) is 0.621. The Morgan fingerprint density at radius 3 is 2.00 bits per heavy atom. The lowest BCUT2D eigenvalue weighted by atomic mass is 9.96. The zero-order valence-electron chi connectivity index (χ0n) is 6.77. The summed E-state index contributed by atoms with van der Waals surface area (Å²) in [4.78, 5) is 0. The molecule has 60 valence electrons. The van der Waals surface area contributed by atoms with Gasteiger partial charge in [-0.1, -0.05) is 13.8 Å². The molecule has 10 heavy (non-hydrogen) atoms. The summed E-state index contributed by atoms with van der Waals surface area (Å²) in [5.41, 5.74) is -0.0359. The largest absolute Gasteiger partial charge is 0.487 e. The third-order valence-corrected chi connectivity index (χ3v) is 2.07. The Balaban J connectivity index is 3.92. The van der Waals surface area contributed by atoms with Crippen molar-refractivity contribution in [2.75, 3.05) is 0 Å². The van der Waals surface area contributed by atoms with Gasteiger partial charge in [0.25, 0.3) is 5.17 Å². The third kappa shape index (κ3) is 3.01. The van der Waals surface area contributed by atoms with Gasteiger partial charge in [0, 0.05) is 5.54 Å². The average molecular weight is 161 g/mol. The van der Waals surface area contributed by atoms with Crippen molar-refractivity contribution in [2.45, 2.75) is 39.2 Å². The average Bonchev–Trinajstić information content (AvgIpc) is 1.87. The van der Waals surface area contributed by atoms with E-state index in [0.717, 1.165) is 12.8 Å². The highest BCUT2D eigenvalue weighted by Gasteiger charge is 2.19. The summed E-state index contributed by atoms with van der Waals surface area (Å²) < 4.78 is 0. The first-order valence-electron chi connectivity index (χ1n) is 3.55. The summed E-state index contributed by atoms with van der Waals surface area (Å²) in [7, 11) is 0. The van der Waals surface area contributed by atoms with Crippen LogP contribution in [0.3, 0.4) is 0 Å². The number of rotatable bonds is 3. The Kier molecular flexibility index (Phi) is 3.64. The van der Waals surface area contributed by atoms with Crippen LogP contribution < -0.4 is 5.32 Å². The van der Waals surface area contributed by atoms with Gasteiger partial charge in [0.05, 0.1) is 0 Å². The van der Waals surface area contributed by atoms with Gasteiger partial charge < -0.3 is 10.4 Å². The van der Waals surface area contributed by atoms with Gasteiger partial charge in [-0.3, -0.25) is 0 Å². The van der Waals surface area contributed by atoms with Crippen LogP contribution in [0.1, 0.15) is 33.6 Å². The topological polar surface area (TPSA) is 32.3 Å². The van der Waals surface area contributed by atoms with E-state index in [9.17, 15) is 0 Å². The highest BCUT2D eigenvalue weighted by atomic mass is 32.1. The molecule has 0 heterocycles. The van der Waals surface area contributed by atoms with E-state index in [4.69, 9.17) is 5.11 Å². The fourth-order valence-electron chi connectivity index (χ4n) is 0.685. The molecule has 0 spiro atoms. The van der Waals surface area contributed by atoms with E-state index in [0.29, 0.717) is 0 Å². The lowest BCUT2D eigenvalue weighted by Gasteiger charge is -2.27. The minimum absolute atomic E-state index is 0.0359. The molecule has 2 nitrogen and oxygen atoms in total. The number of hydrogen-bond acceptors (Lipinski definition) is 1. The molecule has 0 radical (unpaired) electrons. The molecule has 0 aliphatic heterocycles. The standard InChI is InChI=1S/C7H15NOS/c1-4-7(3,5-2)8-6(9)10/h4-5H2,1-3H3,(H2,8,9,10). The van der Waals surface area contributed by atoms with Crippen molar-refractivity contribution in [1.29, 1.82) is 0 Å². The number of thiocarbonyl (C=S) groups is 1. The Labute approximate surface area is 67.6 Å². The van der Waals surface area contributed by atoms with Crippen LogP contribution in [0.5, 0.6) is 0 Å². The summed E-state index contributed by atoms with van der Waals surface area (Å²) in [6, 6.07) is 0. The molecule has 0 aromatic rings. The Morgan fingerprint density at radius 2 is 1.90 bits per heavy atom. The van der Waals surface area contributed by atoms with Crippen LogP contribution in [0.15, 0.2) is 0 Å². The molecule has 0 saturated carbocycles. The van der Waals surface area contributed by atoms with Crippen LogP contribution in [0.4, 0.5) is 0 Å². The molecule has 0 aromatic heterocycles. The maximum absolute atomic E-state index is 8.77. The highest BCUT2D eigenvalue weighted by molar-refractivity contribution is 7.79. The first-order chi connectivity index (χ1) is 4.54. The fraction of sp³-hybridized carbons (Fsp3) is 0.857. The minimum atomic E-state index is -0.105. The van der Waals surface area contributed by atoms with Crippen molar-refractivity contribution < 1.29 is 5.11 Å². The summed E-state index contributed by atoms with van der Waals surface area (Å²) >= 11 is 4.52. The van der Waals surface area contributed by atoms with E-state index in [2.05, 4.69) is 31.4 Å². The van der Waals surface area contributed by atoms with Gasteiger partial charge in [0.1, 0.15) is 0 Å². The molecule has 0 aliphatic rings. The van der Waals surface area contributed by atoms with Gasteiger partial charge in [-0.2, -0.15) is 0 Å². The number of hydrogen-bond donors (Lipinski definition) is 2. The molecular formula is C7H15NOS. The van der Waals surface area contributed by atoms with Gasteiger partial charge in [0.15, 0.2) is 0 Å². The van der Waals surface area contributed by atoms with E-state index in [-0.39, 0.29) is 10.7 Å². The maximum atomic E-state index is 8.77. The molecule has 0 aromatic carbocycles. The van der Waals surface area contributed by atoms with Crippen molar-refractivity contribution in [3.05, 3.63) is 0 Å². The predicted molar refractivity (Wildman–Crippen MR) is 47.3 cm³/mol. The summed E-state index contributed by atoms with van der Waals surface area (Å²) in [6.07, 6.45) is 1.92. The van der Waals surface area contributed by atoms with Crippen molar-refractivity contribution >= 4 is 17.4 Å². The first kappa shape index (κ1) is 9.69. The van der Waals surface area contributed by atoms with Gasteiger partial charge in [0.2, 0.25) is 0 Å².